The molecule has 3 rings (SSSR count). The molecule has 0 fully saturated rings. The number of aromatic nitrogens is 3. The molecule has 0 bridgehead atoms. The van der Waals surface area contributed by atoms with Crippen LogP contribution in [-0.4, -0.2) is 52.1 Å². The highest BCUT2D eigenvalue weighted by Gasteiger charge is 2.24. The summed E-state index contributed by atoms with van der Waals surface area (Å²) in [5.41, 5.74) is 15.3. The number of rotatable bonds is 12. The minimum absolute atomic E-state index is 0.0189. The zero-order chi connectivity index (χ0) is 27.7. The van der Waals surface area contributed by atoms with Crippen LogP contribution in [0.15, 0.2) is 30.5 Å². The highest BCUT2D eigenvalue weighted by molar-refractivity contribution is 5.97. The Morgan fingerprint density at radius 2 is 1.71 bits per heavy atom. The number of hydrogen-bond donors (Lipinski definition) is 4. The van der Waals surface area contributed by atoms with Crippen LogP contribution in [0.4, 0.5) is 17.5 Å². The van der Waals surface area contributed by atoms with Crippen LogP contribution in [0.2, 0.25) is 0 Å². The molecule has 1 atom stereocenters. The van der Waals surface area contributed by atoms with Crippen molar-refractivity contribution in [2.24, 2.45) is 0 Å². The minimum atomic E-state index is -0.968. The van der Waals surface area contributed by atoms with E-state index in [9.17, 15) is 14.4 Å². The number of nitrogens with zero attached hydrogens (tertiary/aromatic N) is 3. The number of esters is 2. The molecule has 1 aromatic carbocycles. The maximum Gasteiger partial charge on any atom is 0.328 e. The zero-order valence-electron chi connectivity index (χ0n) is 21.7. The van der Waals surface area contributed by atoms with E-state index < -0.39 is 23.9 Å². The van der Waals surface area contributed by atoms with Gasteiger partial charge in [-0.3, -0.25) is 9.59 Å². The average Bonchev–Trinajstić information content (AvgIpc) is 2.89. The molecule has 0 radical (unpaired) electrons. The number of ether oxygens (including phenoxy) is 2. The number of benzene rings is 1. The normalized spacial score (nSPS) is 11.6. The first-order valence-electron chi connectivity index (χ1n) is 12.4. The lowest BCUT2D eigenvalue weighted by molar-refractivity contribution is -0.146. The summed E-state index contributed by atoms with van der Waals surface area (Å²) in [7, 11) is 0. The number of pyridine rings is 1. The van der Waals surface area contributed by atoms with Gasteiger partial charge in [0.1, 0.15) is 11.9 Å². The number of aryl methyl sites for hydroxylation is 1. The van der Waals surface area contributed by atoms with E-state index >= 15 is 0 Å². The minimum Gasteiger partial charge on any atom is -0.466 e. The predicted octanol–water partition coefficient (Wildman–Crippen LogP) is 2.37. The maximum absolute atomic E-state index is 12.8. The predicted molar refractivity (Wildman–Crippen MR) is 143 cm³/mol. The van der Waals surface area contributed by atoms with Gasteiger partial charge in [0.25, 0.3) is 5.91 Å². The zero-order valence-corrected chi connectivity index (χ0v) is 21.7. The molecule has 12 nitrogen and oxygen atoms in total. The van der Waals surface area contributed by atoms with Gasteiger partial charge in [0.05, 0.1) is 18.6 Å². The number of amides is 1. The van der Waals surface area contributed by atoms with Gasteiger partial charge < -0.3 is 31.6 Å². The van der Waals surface area contributed by atoms with Gasteiger partial charge >= 0.3 is 11.9 Å². The molecule has 6 N–H and O–H groups in total. The van der Waals surface area contributed by atoms with Crippen molar-refractivity contribution in [1.82, 2.24) is 20.3 Å². The monoisotopic (exact) mass is 523 g/mol. The fraction of sp³-hybridized carbons (Fsp3) is 0.385. The molecular formula is C26H33N7O5. The Bertz CT molecular complexity index is 1300. The second-order valence-corrected chi connectivity index (χ2v) is 8.33. The molecule has 2 heterocycles. The van der Waals surface area contributed by atoms with Crippen LogP contribution in [0.5, 0.6) is 0 Å². The topological polar surface area (TPSA) is 184 Å². The summed E-state index contributed by atoms with van der Waals surface area (Å²) in [6.45, 7) is 6.24. The Morgan fingerprint density at radius 1 is 1.00 bits per heavy atom. The largest absolute Gasteiger partial charge is 0.466 e. The third kappa shape index (κ3) is 7.05. The Morgan fingerprint density at radius 3 is 2.37 bits per heavy atom. The number of anilines is 3. The molecule has 3 aromatic rings. The van der Waals surface area contributed by atoms with E-state index in [1.165, 1.54) is 0 Å². The van der Waals surface area contributed by atoms with Crippen LogP contribution >= 0.6 is 0 Å². The van der Waals surface area contributed by atoms with Crippen LogP contribution in [0.25, 0.3) is 11.0 Å². The van der Waals surface area contributed by atoms with E-state index in [4.69, 9.17) is 20.9 Å². The van der Waals surface area contributed by atoms with E-state index in [0.29, 0.717) is 29.6 Å². The molecule has 1 amide bonds. The van der Waals surface area contributed by atoms with Gasteiger partial charge in [-0.15, -0.1) is 0 Å². The van der Waals surface area contributed by atoms with Crippen molar-refractivity contribution >= 4 is 46.3 Å². The third-order valence-electron chi connectivity index (χ3n) is 5.77. The summed E-state index contributed by atoms with van der Waals surface area (Å²) >= 11 is 0. The quantitative estimate of drug-likeness (QED) is 0.255. The van der Waals surface area contributed by atoms with Gasteiger partial charge in [-0.05, 0) is 62.1 Å². The van der Waals surface area contributed by atoms with Crippen LogP contribution < -0.4 is 22.1 Å². The van der Waals surface area contributed by atoms with E-state index in [-0.39, 0.29) is 37.8 Å². The second-order valence-electron chi connectivity index (χ2n) is 8.33. The summed E-state index contributed by atoms with van der Waals surface area (Å²) in [6.07, 6.45) is 2.48. The van der Waals surface area contributed by atoms with Crippen molar-refractivity contribution in [2.75, 3.05) is 30.0 Å². The van der Waals surface area contributed by atoms with Crippen molar-refractivity contribution < 1.29 is 23.9 Å². The lowest BCUT2D eigenvalue weighted by Crippen LogP contribution is -2.42. The van der Waals surface area contributed by atoms with Crippen molar-refractivity contribution in [3.63, 3.8) is 0 Å². The van der Waals surface area contributed by atoms with E-state index in [1.54, 1.807) is 44.3 Å². The molecule has 0 saturated heterocycles. The Hall–Kier alpha value is -4.48. The number of nitrogens with one attached hydrogen (secondary N) is 2. The van der Waals surface area contributed by atoms with Gasteiger partial charge in [-0.1, -0.05) is 6.92 Å². The van der Waals surface area contributed by atoms with Crippen LogP contribution in [0.3, 0.4) is 0 Å². The Balaban J connectivity index is 1.67. The molecule has 202 valence electrons. The van der Waals surface area contributed by atoms with Crippen molar-refractivity contribution in [2.45, 2.75) is 52.6 Å². The van der Waals surface area contributed by atoms with Gasteiger partial charge in [0.15, 0.2) is 5.65 Å². The van der Waals surface area contributed by atoms with Crippen molar-refractivity contribution in [1.29, 1.82) is 0 Å². The fourth-order valence-corrected chi connectivity index (χ4v) is 3.97. The lowest BCUT2D eigenvalue weighted by atomic mass is 10.0. The first-order valence-corrected chi connectivity index (χ1v) is 12.4. The number of nitrogen functional groups attached to an aromatic ring is 2. The van der Waals surface area contributed by atoms with Crippen molar-refractivity contribution in [3.8, 4) is 0 Å². The summed E-state index contributed by atoms with van der Waals surface area (Å²) in [4.78, 5) is 49.4. The summed E-state index contributed by atoms with van der Waals surface area (Å²) in [5.74, 6) is -1.14. The molecule has 0 unspecified atom stereocenters. The Labute approximate surface area is 220 Å². The highest BCUT2D eigenvalue weighted by Crippen LogP contribution is 2.25. The highest BCUT2D eigenvalue weighted by atomic mass is 16.5. The number of fused-ring (bicyclic) bond motifs is 1. The number of carbonyl (C=O) groups is 3. The van der Waals surface area contributed by atoms with Crippen LogP contribution in [0.1, 0.15) is 55.1 Å². The summed E-state index contributed by atoms with van der Waals surface area (Å²) in [6, 6.07) is 5.82. The lowest BCUT2D eigenvalue weighted by Gasteiger charge is -2.17. The summed E-state index contributed by atoms with van der Waals surface area (Å²) in [5, 5.41) is 6.65. The van der Waals surface area contributed by atoms with Crippen LogP contribution in [-0.2, 0) is 32.0 Å². The molecular weight excluding hydrogens is 490 g/mol. The van der Waals surface area contributed by atoms with E-state index in [2.05, 4.69) is 25.6 Å². The van der Waals surface area contributed by atoms with Gasteiger partial charge in [0, 0.05) is 30.4 Å². The maximum atomic E-state index is 12.8. The Kier molecular flexibility index (Phi) is 9.74. The molecule has 0 aliphatic rings. The van der Waals surface area contributed by atoms with E-state index in [1.807, 2.05) is 6.92 Å². The van der Waals surface area contributed by atoms with Crippen LogP contribution in [0, 0.1) is 0 Å². The van der Waals surface area contributed by atoms with Gasteiger partial charge in [-0.2, -0.15) is 9.97 Å². The molecule has 38 heavy (non-hydrogen) atoms. The average molecular weight is 524 g/mol. The first-order chi connectivity index (χ1) is 18.3. The van der Waals surface area contributed by atoms with Crippen molar-refractivity contribution in [3.05, 3.63) is 47.2 Å². The van der Waals surface area contributed by atoms with Gasteiger partial charge in [0.2, 0.25) is 5.95 Å². The molecule has 0 saturated carbocycles. The SMILES string of the molecule is CCOC(=O)CC[C@H](NC(=O)c1ccc(NCc2cnc3nc(N)nc(N)c3c2CC)cc1)C(=O)OCC. The first kappa shape index (κ1) is 28.1. The van der Waals surface area contributed by atoms with Gasteiger partial charge in [-0.25, -0.2) is 9.78 Å². The standard InChI is InChI=1S/C26H33N7O5/c1-4-18-16(14-30-23-21(18)22(27)32-26(28)33-23)13-29-17-9-7-15(8-10-17)24(35)31-19(25(36)38-6-3)11-12-20(34)37-5-2/h7-10,14,19,29H,4-6,11-13H2,1-3H3,(H,31,35)(H4,27,28,30,32,33)/t19-/m0/s1. The summed E-state index contributed by atoms with van der Waals surface area (Å²) < 4.78 is 9.95. The number of hydrogen-bond acceptors (Lipinski definition) is 11. The molecule has 0 aliphatic carbocycles. The molecule has 0 aliphatic heterocycles. The number of nitrogens with two attached hydrogens (primary N) is 2. The fourth-order valence-electron chi connectivity index (χ4n) is 3.97. The van der Waals surface area contributed by atoms with E-state index in [0.717, 1.165) is 16.8 Å². The molecule has 0 spiro atoms. The number of carbonyl (C=O) groups excluding carboxylic acids is 3. The smallest absolute Gasteiger partial charge is 0.328 e. The third-order valence-corrected chi connectivity index (χ3v) is 5.77. The second kappa shape index (κ2) is 13.2. The molecule has 2 aromatic heterocycles. The molecule has 12 heteroatoms.